The first kappa shape index (κ1) is 19.0. The van der Waals surface area contributed by atoms with E-state index in [1.54, 1.807) is 0 Å². The number of rotatable bonds is 7. The summed E-state index contributed by atoms with van der Waals surface area (Å²) in [5, 5.41) is 3.22. The normalized spacial score (nSPS) is 16.6. The van der Waals surface area contributed by atoms with Crippen molar-refractivity contribution in [1.29, 1.82) is 0 Å². The fourth-order valence-corrected chi connectivity index (χ4v) is 3.25. The maximum atomic E-state index is 12.1. The van der Waals surface area contributed by atoms with Gasteiger partial charge in [-0.15, -0.1) is 12.4 Å². The number of hydrogen-bond donors (Lipinski definition) is 2. The van der Waals surface area contributed by atoms with E-state index in [2.05, 4.69) is 29.6 Å². The third-order valence-electron chi connectivity index (χ3n) is 4.44. The van der Waals surface area contributed by atoms with Crippen molar-refractivity contribution < 1.29 is 4.79 Å². The Kier molecular flexibility index (Phi) is 9.17. The van der Waals surface area contributed by atoms with Crippen LogP contribution in [0.15, 0.2) is 30.3 Å². The van der Waals surface area contributed by atoms with Gasteiger partial charge in [-0.3, -0.25) is 4.79 Å². The van der Waals surface area contributed by atoms with Gasteiger partial charge in [-0.2, -0.15) is 0 Å². The molecule has 1 fully saturated rings. The summed E-state index contributed by atoms with van der Waals surface area (Å²) in [5.41, 5.74) is 6.71. The molecule has 0 aliphatic heterocycles. The monoisotopic (exact) mass is 324 g/mol. The minimum atomic E-state index is 0. The van der Waals surface area contributed by atoms with Crippen LogP contribution in [0, 0.1) is 5.92 Å². The highest BCUT2D eigenvalue weighted by molar-refractivity contribution is 5.85. The van der Waals surface area contributed by atoms with Gasteiger partial charge in [0.2, 0.25) is 5.91 Å². The molecule has 1 saturated carbocycles. The van der Waals surface area contributed by atoms with E-state index in [0.717, 1.165) is 18.8 Å². The molecule has 22 heavy (non-hydrogen) atoms. The van der Waals surface area contributed by atoms with Crippen LogP contribution in [-0.4, -0.2) is 12.5 Å². The second-order valence-corrected chi connectivity index (χ2v) is 6.16. The molecule has 2 rings (SSSR count). The zero-order valence-corrected chi connectivity index (χ0v) is 14.1. The summed E-state index contributed by atoms with van der Waals surface area (Å²) < 4.78 is 0. The molecule has 1 aliphatic rings. The van der Waals surface area contributed by atoms with Gasteiger partial charge < -0.3 is 11.1 Å². The second-order valence-electron chi connectivity index (χ2n) is 6.16. The highest BCUT2D eigenvalue weighted by Gasteiger charge is 2.21. The minimum Gasteiger partial charge on any atom is -0.349 e. The van der Waals surface area contributed by atoms with E-state index >= 15 is 0 Å². The summed E-state index contributed by atoms with van der Waals surface area (Å²) in [5.74, 6) is 0.879. The van der Waals surface area contributed by atoms with Crippen LogP contribution in [0.5, 0.6) is 0 Å². The van der Waals surface area contributed by atoms with E-state index in [9.17, 15) is 4.79 Å². The molecule has 1 aromatic rings. The molecule has 0 radical (unpaired) electrons. The Labute approximate surface area is 140 Å². The lowest BCUT2D eigenvalue weighted by molar-refractivity contribution is -0.122. The maximum Gasteiger partial charge on any atom is 0.220 e. The van der Waals surface area contributed by atoms with Crippen molar-refractivity contribution >= 4 is 18.3 Å². The average Bonchev–Trinajstić information content (AvgIpc) is 2.54. The SMILES string of the molecule is Cl.NCCCC(=O)NC(CC1CCCCC1)c1ccccc1. The van der Waals surface area contributed by atoms with Crippen molar-refractivity contribution in [2.75, 3.05) is 6.54 Å². The minimum absolute atomic E-state index is 0. The molecule has 3 N–H and O–H groups in total. The molecular weight excluding hydrogens is 296 g/mol. The van der Waals surface area contributed by atoms with Crippen LogP contribution in [0.2, 0.25) is 0 Å². The van der Waals surface area contributed by atoms with Crippen LogP contribution in [-0.2, 0) is 4.79 Å². The molecule has 0 spiro atoms. The standard InChI is InChI=1S/C18H28N2O.ClH/c19-13-7-12-18(21)20-17(16-10-5-2-6-11-16)14-15-8-3-1-4-9-15;/h2,5-6,10-11,15,17H,1,3-4,7-9,12-14,19H2,(H,20,21);1H. The zero-order valence-electron chi connectivity index (χ0n) is 13.3. The van der Waals surface area contributed by atoms with Gasteiger partial charge in [0.25, 0.3) is 0 Å². The van der Waals surface area contributed by atoms with Crippen molar-refractivity contribution in [3.05, 3.63) is 35.9 Å². The number of carbonyl (C=O) groups is 1. The summed E-state index contributed by atoms with van der Waals surface area (Å²) in [6.07, 6.45) is 9.03. The molecule has 3 nitrogen and oxygen atoms in total. The Morgan fingerprint density at radius 3 is 2.50 bits per heavy atom. The second kappa shape index (κ2) is 10.6. The number of hydrogen-bond acceptors (Lipinski definition) is 2. The molecule has 1 aromatic carbocycles. The van der Waals surface area contributed by atoms with Crippen molar-refractivity contribution in [1.82, 2.24) is 5.32 Å². The van der Waals surface area contributed by atoms with Gasteiger partial charge >= 0.3 is 0 Å². The van der Waals surface area contributed by atoms with Crippen LogP contribution in [0.1, 0.15) is 63.0 Å². The summed E-state index contributed by atoms with van der Waals surface area (Å²) in [4.78, 5) is 12.1. The molecule has 0 bridgehead atoms. The number of nitrogens with one attached hydrogen (secondary N) is 1. The van der Waals surface area contributed by atoms with Crippen molar-refractivity contribution in [3.63, 3.8) is 0 Å². The summed E-state index contributed by atoms with van der Waals surface area (Å²) in [6.45, 7) is 0.575. The highest BCUT2D eigenvalue weighted by atomic mass is 35.5. The Balaban J connectivity index is 0.00000242. The lowest BCUT2D eigenvalue weighted by Gasteiger charge is -2.27. The fraction of sp³-hybridized carbons (Fsp3) is 0.611. The van der Waals surface area contributed by atoms with E-state index in [1.807, 2.05) is 6.07 Å². The van der Waals surface area contributed by atoms with Crippen LogP contribution < -0.4 is 11.1 Å². The first-order chi connectivity index (χ1) is 10.3. The molecule has 4 heteroatoms. The molecule has 1 aliphatic carbocycles. The first-order valence-corrected chi connectivity index (χ1v) is 8.34. The quantitative estimate of drug-likeness (QED) is 0.797. The Bertz CT molecular complexity index is 418. The lowest BCUT2D eigenvalue weighted by Crippen LogP contribution is -2.30. The smallest absolute Gasteiger partial charge is 0.220 e. The van der Waals surface area contributed by atoms with Crippen molar-refractivity contribution in [2.45, 2.75) is 57.4 Å². The highest BCUT2D eigenvalue weighted by Crippen LogP contribution is 2.31. The largest absolute Gasteiger partial charge is 0.349 e. The van der Waals surface area contributed by atoms with Gasteiger partial charge in [-0.1, -0.05) is 62.4 Å². The number of halogens is 1. The molecular formula is C18H29ClN2O. The van der Waals surface area contributed by atoms with E-state index in [4.69, 9.17) is 5.73 Å². The van der Waals surface area contributed by atoms with Gasteiger partial charge in [-0.25, -0.2) is 0 Å². The van der Waals surface area contributed by atoms with E-state index < -0.39 is 0 Å². The molecule has 1 amide bonds. The summed E-state index contributed by atoms with van der Waals surface area (Å²) in [6, 6.07) is 10.5. The number of carbonyl (C=O) groups excluding carboxylic acids is 1. The molecule has 0 heterocycles. The van der Waals surface area contributed by atoms with Crippen LogP contribution >= 0.6 is 12.4 Å². The third-order valence-corrected chi connectivity index (χ3v) is 4.44. The van der Waals surface area contributed by atoms with Crippen LogP contribution in [0.4, 0.5) is 0 Å². The molecule has 0 aromatic heterocycles. The topological polar surface area (TPSA) is 55.1 Å². The average molecular weight is 325 g/mol. The third kappa shape index (κ3) is 6.37. The Hall–Kier alpha value is -1.06. The molecule has 0 saturated heterocycles. The molecule has 1 unspecified atom stereocenters. The zero-order chi connectivity index (χ0) is 14.9. The van der Waals surface area contributed by atoms with Gasteiger partial charge in [0.15, 0.2) is 0 Å². The van der Waals surface area contributed by atoms with Gasteiger partial charge in [0.05, 0.1) is 6.04 Å². The predicted molar refractivity (Wildman–Crippen MR) is 94.1 cm³/mol. The molecule has 1 atom stereocenters. The predicted octanol–water partition coefficient (Wildman–Crippen LogP) is 3.98. The van der Waals surface area contributed by atoms with Crippen molar-refractivity contribution in [3.8, 4) is 0 Å². The Morgan fingerprint density at radius 2 is 1.86 bits per heavy atom. The van der Waals surface area contributed by atoms with Gasteiger partial charge in [0.1, 0.15) is 0 Å². The number of benzene rings is 1. The van der Waals surface area contributed by atoms with Gasteiger partial charge in [0, 0.05) is 6.42 Å². The van der Waals surface area contributed by atoms with E-state index in [1.165, 1.54) is 37.7 Å². The van der Waals surface area contributed by atoms with Gasteiger partial charge in [-0.05, 0) is 30.9 Å². The molecule has 124 valence electrons. The van der Waals surface area contributed by atoms with Crippen LogP contribution in [0.3, 0.4) is 0 Å². The lowest BCUT2D eigenvalue weighted by atomic mass is 9.83. The summed E-state index contributed by atoms with van der Waals surface area (Å²) >= 11 is 0. The number of amides is 1. The fourth-order valence-electron chi connectivity index (χ4n) is 3.25. The summed E-state index contributed by atoms with van der Waals surface area (Å²) in [7, 11) is 0. The van der Waals surface area contributed by atoms with E-state index in [-0.39, 0.29) is 24.4 Å². The van der Waals surface area contributed by atoms with Crippen molar-refractivity contribution in [2.24, 2.45) is 11.7 Å². The number of nitrogens with two attached hydrogens (primary N) is 1. The van der Waals surface area contributed by atoms with E-state index in [0.29, 0.717) is 13.0 Å². The Morgan fingerprint density at radius 1 is 1.18 bits per heavy atom. The van der Waals surface area contributed by atoms with Crippen LogP contribution in [0.25, 0.3) is 0 Å². The maximum absolute atomic E-state index is 12.1. The first-order valence-electron chi connectivity index (χ1n) is 8.34.